The number of hydrogen-bond donors (Lipinski definition) is 2. The molecule has 2 atom stereocenters. The lowest BCUT2D eigenvalue weighted by Crippen LogP contribution is -2.30. The molecule has 0 aromatic carbocycles. The highest BCUT2D eigenvalue weighted by Gasteiger charge is 2.20. The number of carbonyl (C=O) groups is 1. The first-order valence-corrected chi connectivity index (χ1v) is 4.70. The molecule has 0 aromatic heterocycles. The van der Waals surface area contributed by atoms with Gasteiger partial charge >= 0.3 is 0 Å². The molecule has 0 radical (unpaired) electrons. The van der Waals surface area contributed by atoms with Gasteiger partial charge in [0.2, 0.25) is 5.91 Å². The monoisotopic (exact) mass is 170 g/mol. The van der Waals surface area contributed by atoms with Crippen LogP contribution < -0.4 is 11.1 Å². The van der Waals surface area contributed by atoms with Gasteiger partial charge in [0.1, 0.15) is 0 Å². The largest absolute Gasteiger partial charge is 0.370 e. The first-order chi connectivity index (χ1) is 5.68. The number of nitrogens with two attached hydrogens (primary N) is 1. The number of carbonyl (C=O) groups excluding carboxylic acids is 1. The van der Waals surface area contributed by atoms with Crippen molar-refractivity contribution in [2.24, 2.45) is 11.7 Å². The summed E-state index contributed by atoms with van der Waals surface area (Å²) < 4.78 is 0. The van der Waals surface area contributed by atoms with Gasteiger partial charge < -0.3 is 11.1 Å². The van der Waals surface area contributed by atoms with E-state index < -0.39 is 0 Å². The summed E-state index contributed by atoms with van der Waals surface area (Å²) in [6, 6.07) is 0.624. The standard InChI is InChI=1S/C9H18N2O/c1-7-2-3-8(6-7)11-5-4-9(10)12/h7-8,11H,2-6H2,1H3,(H2,10,12). The van der Waals surface area contributed by atoms with E-state index in [1.54, 1.807) is 0 Å². The van der Waals surface area contributed by atoms with Gasteiger partial charge in [-0.05, 0) is 25.2 Å². The Bertz CT molecular complexity index is 159. The molecule has 1 aliphatic carbocycles. The van der Waals surface area contributed by atoms with E-state index in [4.69, 9.17) is 5.73 Å². The van der Waals surface area contributed by atoms with Gasteiger partial charge in [0, 0.05) is 19.0 Å². The minimum atomic E-state index is -0.214. The van der Waals surface area contributed by atoms with Crippen molar-refractivity contribution >= 4 is 5.91 Å². The van der Waals surface area contributed by atoms with E-state index in [2.05, 4.69) is 12.2 Å². The summed E-state index contributed by atoms with van der Waals surface area (Å²) in [4.78, 5) is 10.4. The second-order valence-corrected chi connectivity index (χ2v) is 3.79. The van der Waals surface area contributed by atoms with Crippen LogP contribution in [0.3, 0.4) is 0 Å². The molecule has 1 rings (SSSR count). The van der Waals surface area contributed by atoms with Crippen molar-refractivity contribution in [2.75, 3.05) is 6.54 Å². The number of rotatable bonds is 4. The Morgan fingerprint density at radius 1 is 1.58 bits per heavy atom. The second kappa shape index (κ2) is 4.45. The Morgan fingerprint density at radius 3 is 2.83 bits per heavy atom. The smallest absolute Gasteiger partial charge is 0.218 e. The molecule has 1 amide bonds. The summed E-state index contributed by atoms with van der Waals surface area (Å²) in [5.41, 5.74) is 5.03. The zero-order valence-electron chi connectivity index (χ0n) is 7.68. The molecular formula is C9H18N2O. The minimum absolute atomic E-state index is 0.214. The zero-order valence-corrected chi connectivity index (χ0v) is 7.68. The topological polar surface area (TPSA) is 55.1 Å². The molecule has 1 aliphatic rings. The van der Waals surface area contributed by atoms with Crippen LogP contribution in [0.1, 0.15) is 32.6 Å². The van der Waals surface area contributed by atoms with Crippen LogP contribution in [0.25, 0.3) is 0 Å². The normalized spacial score (nSPS) is 29.1. The lowest BCUT2D eigenvalue weighted by molar-refractivity contribution is -0.117. The van der Waals surface area contributed by atoms with Gasteiger partial charge in [-0.1, -0.05) is 6.92 Å². The number of primary amides is 1. The molecule has 70 valence electrons. The Kier molecular flexibility index (Phi) is 3.53. The predicted molar refractivity (Wildman–Crippen MR) is 48.6 cm³/mol. The fraction of sp³-hybridized carbons (Fsp3) is 0.889. The summed E-state index contributed by atoms with van der Waals surface area (Å²) in [7, 11) is 0. The van der Waals surface area contributed by atoms with Crippen molar-refractivity contribution in [1.29, 1.82) is 0 Å². The van der Waals surface area contributed by atoms with Crippen molar-refractivity contribution in [3.63, 3.8) is 0 Å². The Morgan fingerprint density at radius 2 is 2.33 bits per heavy atom. The number of nitrogens with one attached hydrogen (secondary N) is 1. The molecule has 3 N–H and O–H groups in total. The fourth-order valence-corrected chi connectivity index (χ4v) is 1.79. The van der Waals surface area contributed by atoms with Crippen LogP contribution in [-0.2, 0) is 4.79 Å². The zero-order chi connectivity index (χ0) is 8.97. The summed E-state index contributed by atoms with van der Waals surface area (Å²) in [6.45, 7) is 3.02. The van der Waals surface area contributed by atoms with Gasteiger partial charge in [-0.3, -0.25) is 4.79 Å². The maximum Gasteiger partial charge on any atom is 0.218 e. The van der Waals surface area contributed by atoms with E-state index in [0.29, 0.717) is 12.5 Å². The third kappa shape index (κ3) is 3.22. The van der Waals surface area contributed by atoms with Crippen LogP contribution in [-0.4, -0.2) is 18.5 Å². The van der Waals surface area contributed by atoms with Crippen LogP contribution in [0.15, 0.2) is 0 Å². The third-order valence-electron chi connectivity index (χ3n) is 2.50. The van der Waals surface area contributed by atoms with Crippen LogP contribution in [0.4, 0.5) is 0 Å². The van der Waals surface area contributed by atoms with E-state index in [9.17, 15) is 4.79 Å². The molecule has 1 saturated carbocycles. The predicted octanol–water partition coefficient (Wildman–Crippen LogP) is 0.640. The van der Waals surface area contributed by atoms with Gasteiger partial charge in [-0.15, -0.1) is 0 Å². The first-order valence-electron chi connectivity index (χ1n) is 4.70. The highest BCUT2D eigenvalue weighted by atomic mass is 16.1. The molecule has 3 heteroatoms. The minimum Gasteiger partial charge on any atom is -0.370 e. The van der Waals surface area contributed by atoms with Crippen molar-refractivity contribution in [3.8, 4) is 0 Å². The second-order valence-electron chi connectivity index (χ2n) is 3.79. The summed E-state index contributed by atoms with van der Waals surface area (Å²) in [5.74, 6) is 0.629. The van der Waals surface area contributed by atoms with Crippen molar-refractivity contribution < 1.29 is 4.79 Å². The third-order valence-corrected chi connectivity index (χ3v) is 2.50. The lowest BCUT2D eigenvalue weighted by Gasteiger charge is -2.10. The molecule has 0 aromatic rings. The summed E-state index contributed by atoms with van der Waals surface area (Å²) >= 11 is 0. The van der Waals surface area contributed by atoms with Gasteiger partial charge in [-0.2, -0.15) is 0 Å². The average Bonchev–Trinajstić information content (AvgIpc) is 2.35. The Labute approximate surface area is 73.7 Å². The Hall–Kier alpha value is -0.570. The van der Waals surface area contributed by atoms with E-state index >= 15 is 0 Å². The van der Waals surface area contributed by atoms with Crippen LogP contribution in [0.2, 0.25) is 0 Å². The highest BCUT2D eigenvalue weighted by Crippen LogP contribution is 2.24. The number of hydrogen-bond acceptors (Lipinski definition) is 2. The van der Waals surface area contributed by atoms with Crippen LogP contribution >= 0.6 is 0 Å². The summed E-state index contributed by atoms with van der Waals surface area (Å²) in [6.07, 6.45) is 4.28. The first kappa shape index (κ1) is 9.52. The van der Waals surface area contributed by atoms with E-state index in [0.717, 1.165) is 12.5 Å². The van der Waals surface area contributed by atoms with Gasteiger partial charge in [-0.25, -0.2) is 0 Å². The van der Waals surface area contributed by atoms with Crippen molar-refractivity contribution in [2.45, 2.75) is 38.6 Å². The van der Waals surface area contributed by atoms with E-state index in [1.165, 1.54) is 19.3 Å². The fourth-order valence-electron chi connectivity index (χ4n) is 1.79. The number of amides is 1. The highest BCUT2D eigenvalue weighted by molar-refractivity contribution is 5.73. The van der Waals surface area contributed by atoms with E-state index in [-0.39, 0.29) is 5.91 Å². The molecule has 0 aliphatic heterocycles. The maximum absolute atomic E-state index is 10.4. The van der Waals surface area contributed by atoms with Crippen LogP contribution in [0.5, 0.6) is 0 Å². The lowest BCUT2D eigenvalue weighted by atomic mass is 10.1. The Balaban J connectivity index is 2.04. The van der Waals surface area contributed by atoms with Crippen molar-refractivity contribution in [3.05, 3.63) is 0 Å². The van der Waals surface area contributed by atoms with Gasteiger partial charge in [0.25, 0.3) is 0 Å². The van der Waals surface area contributed by atoms with Crippen molar-refractivity contribution in [1.82, 2.24) is 5.32 Å². The molecule has 0 heterocycles. The quantitative estimate of drug-likeness (QED) is 0.650. The SMILES string of the molecule is CC1CCC(NCCC(N)=O)C1. The molecule has 2 unspecified atom stereocenters. The van der Waals surface area contributed by atoms with Gasteiger partial charge in [0.05, 0.1) is 0 Å². The molecule has 0 bridgehead atoms. The summed E-state index contributed by atoms with van der Waals surface area (Å²) in [5, 5.41) is 3.34. The molecule has 0 saturated heterocycles. The van der Waals surface area contributed by atoms with Crippen LogP contribution in [0, 0.1) is 5.92 Å². The average molecular weight is 170 g/mol. The molecule has 3 nitrogen and oxygen atoms in total. The molecule has 12 heavy (non-hydrogen) atoms. The molecule has 1 fully saturated rings. The molecule has 0 spiro atoms. The van der Waals surface area contributed by atoms with E-state index in [1.807, 2.05) is 0 Å². The molecular weight excluding hydrogens is 152 g/mol. The maximum atomic E-state index is 10.4. The van der Waals surface area contributed by atoms with Gasteiger partial charge in [0.15, 0.2) is 0 Å².